The summed E-state index contributed by atoms with van der Waals surface area (Å²) in [6.07, 6.45) is 4.91. The second-order valence-electron chi connectivity index (χ2n) is 6.72. The molecule has 0 unspecified atom stereocenters. The molecule has 16 heavy (non-hydrogen) atoms. The van der Waals surface area contributed by atoms with Crippen LogP contribution in [-0.2, 0) is 4.74 Å². The molecule has 0 N–H and O–H groups in total. The van der Waals surface area contributed by atoms with Crippen molar-refractivity contribution in [1.29, 1.82) is 0 Å². The van der Waals surface area contributed by atoms with Crippen LogP contribution in [0.1, 0.15) is 40.5 Å². The van der Waals surface area contributed by atoms with Crippen molar-refractivity contribution in [3.05, 3.63) is 11.6 Å². The van der Waals surface area contributed by atoms with E-state index >= 15 is 0 Å². The summed E-state index contributed by atoms with van der Waals surface area (Å²) in [6.45, 7) is 9.78. The third kappa shape index (κ3) is 1.28. The molecule has 2 nitrogen and oxygen atoms in total. The van der Waals surface area contributed by atoms with Gasteiger partial charge in [0.25, 0.3) is 0 Å². The maximum atomic E-state index is 5.78. The molecule has 1 fully saturated rings. The molecule has 0 aromatic heterocycles. The van der Waals surface area contributed by atoms with E-state index in [1.54, 1.807) is 0 Å². The lowest BCUT2D eigenvalue weighted by molar-refractivity contribution is -0.00325. The highest BCUT2D eigenvalue weighted by molar-refractivity contribution is 5.96. The summed E-state index contributed by atoms with van der Waals surface area (Å²) in [7, 11) is 0. The molecule has 4 aliphatic rings. The maximum absolute atomic E-state index is 5.78. The van der Waals surface area contributed by atoms with E-state index < -0.39 is 0 Å². The van der Waals surface area contributed by atoms with E-state index in [4.69, 9.17) is 9.73 Å². The summed E-state index contributed by atoms with van der Waals surface area (Å²) in [4.78, 5) is 4.71. The highest BCUT2D eigenvalue weighted by atomic mass is 16.5. The second-order valence-corrected chi connectivity index (χ2v) is 6.72. The van der Waals surface area contributed by atoms with Crippen LogP contribution in [0.4, 0.5) is 0 Å². The molecular formula is C14H21NO. The molecule has 3 aliphatic carbocycles. The Balaban J connectivity index is 1.90. The predicted octanol–water partition coefficient (Wildman–Crippen LogP) is 3.19. The van der Waals surface area contributed by atoms with Crippen LogP contribution in [0.2, 0.25) is 0 Å². The van der Waals surface area contributed by atoms with Gasteiger partial charge in [-0.2, -0.15) is 0 Å². The molecule has 0 saturated heterocycles. The first-order chi connectivity index (χ1) is 7.40. The molecule has 0 spiro atoms. The number of aliphatic imine (C=N–C) groups is 1. The summed E-state index contributed by atoms with van der Waals surface area (Å²) in [5.41, 5.74) is 1.82. The SMILES string of the molecule is CC1(C)COC(C2=CC[C@H]3C[C@@H]2C3(C)C)=N1. The van der Waals surface area contributed by atoms with Crippen molar-refractivity contribution >= 4 is 5.90 Å². The predicted molar refractivity (Wildman–Crippen MR) is 65.5 cm³/mol. The summed E-state index contributed by atoms with van der Waals surface area (Å²) < 4.78 is 5.78. The van der Waals surface area contributed by atoms with E-state index in [1.165, 1.54) is 18.4 Å². The van der Waals surface area contributed by atoms with Crippen molar-refractivity contribution in [2.24, 2.45) is 22.2 Å². The van der Waals surface area contributed by atoms with Gasteiger partial charge in [0.2, 0.25) is 5.90 Å². The zero-order valence-electron chi connectivity index (χ0n) is 10.7. The zero-order chi connectivity index (χ0) is 11.6. The Labute approximate surface area is 97.8 Å². The molecule has 0 radical (unpaired) electrons. The van der Waals surface area contributed by atoms with Crippen molar-refractivity contribution in [3.8, 4) is 0 Å². The van der Waals surface area contributed by atoms with Gasteiger partial charge in [-0.1, -0.05) is 19.9 Å². The Bertz CT molecular complexity index is 390. The van der Waals surface area contributed by atoms with Gasteiger partial charge in [0, 0.05) is 5.57 Å². The van der Waals surface area contributed by atoms with E-state index in [9.17, 15) is 0 Å². The first-order valence-electron chi connectivity index (χ1n) is 6.33. The third-order valence-corrected chi connectivity index (χ3v) is 4.68. The maximum Gasteiger partial charge on any atom is 0.212 e. The number of rotatable bonds is 1. The van der Waals surface area contributed by atoms with E-state index in [2.05, 4.69) is 33.8 Å². The molecule has 1 heterocycles. The van der Waals surface area contributed by atoms with Gasteiger partial charge in [-0.15, -0.1) is 0 Å². The van der Waals surface area contributed by atoms with Crippen molar-refractivity contribution < 1.29 is 4.74 Å². The Hall–Kier alpha value is -0.790. The molecule has 1 aliphatic heterocycles. The van der Waals surface area contributed by atoms with Gasteiger partial charge in [-0.25, -0.2) is 4.99 Å². The number of hydrogen-bond acceptors (Lipinski definition) is 2. The van der Waals surface area contributed by atoms with Crippen LogP contribution >= 0.6 is 0 Å². The highest BCUT2D eigenvalue weighted by Crippen LogP contribution is 2.59. The largest absolute Gasteiger partial charge is 0.475 e. The highest BCUT2D eigenvalue weighted by Gasteiger charge is 2.53. The van der Waals surface area contributed by atoms with Crippen molar-refractivity contribution in [2.45, 2.75) is 46.1 Å². The van der Waals surface area contributed by atoms with E-state index in [1.807, 2.05) is 0 Å². The number of nitrogens with zero attached hydrogens (tertiary/aromatic N) is 1. The molecule has 1 saturated carbocycles. The number of hydrogen-bond donors (Lipinski definition) is 0. The Kier molecular flexibility index (Phi) is 1.88. The number of fused-ring (bicyclic) bond motifs is 1. The summed E-state index contributed by atoms with van der Waals surface area (Å²) in [5.74, 6) is 2.50. The quantitative estimate of drug-likeness (QED) is 0.663. The molecule has 2 bridgehead atoms. The molecule has 88 valence electrons. The van der Waals surface area contributed by atoms with Crippen LogP contribution in [0, 0.1) is 17.3 Å². The normalized spacial score (nSPS) is 38.2. The Morgan fingerprint density at radius 1 is 1.31 bits per heavy atom. The van der Waals surface area contributed by atoms with Gasteiger partial charge >= 0.3 is 0 Å². The van der Waals surface area contributed by atoms with Crippen LogP contribution in [0.15, 0.2) is 16.6 Å². The zero-order valence-corrected chi connectivity index (χ0v) is 10.7. The summed E-state index contributed by atoms with van der Waals surface area (Å²) >= 11 is 0. The van der Waals surface area contributed by atoms with Gasteiger partial charge in [-0.3, -0.25) is 0 Å². The fraction of sp³-hybridized carbons (Fsp3) is 0.786. The van der Waals surface area contributed by atoms with Crippen molar-refractivity contribution in [1.82, 2.24) is 0 Å². The van der Waals surface area contributed by atoms with Crippen LogP contribution in [0.3, 0.4) is 0 Å². The van der Waals surface area contributed by atoms with E-state index in [0.717, 1.165) is 18.4 Å². The molecule has 2 heteroatoms. The fourth-order valence-corrected chi connectivity index (χ4v) is 3.32. The average Bonchev–Trinajstić information content (AvgIpc) is 2.58. The Morgan fingerprint density at radius 3 is 2.56 bits per heavy atom. The van der Waals surface area contributed by atoms with Gasteiger partial charge in [0.05, 0.1) is 5.54 Å². The number of allylic oxidation sites excluding steroid dienone is 1. The second kappa shape index (κ2) is 2.91. The standard InChI is InChI=1S/C14H21NO/c1-13(2)8-16-12(15-13)10-6-5-9-7-11(10)14(9,3)4/h6,9,11H,5,7-8H2,1-4H3/t9-,11-/m0/s1. The third-order valence-electron chi connectivity index (χ3n) is 4.68. The molecular weight excluding hydrogens is 198 g/mol. The topological polar surface area (TPSA) is 21.6 Å². The van der Waals surface area contributed by atoms with Gasteiger partial charge in [0.1, 0.15) is 6.61 Å². The lowest BCUT2D eigenvalue weighted by Crippen LogP contribution is -2.49. The average molecular weight is 219 g/mol. The lowest BCUT2D eigenvalue weighted by atomic mass is 9.49. The van der Waals surface area contributed by atoms with Gasteiger partial charge in [0.15, 0.2) is 0 Å². The van der Waals surface area contributed by atoms with Crippen molar-refractivity contribution in [2.75, 3.05) is 6.61 Å². The minimum absolute atomic E-state index is 0.0269. The van der Waals surface area contributed by atoms with E-state index in [-0.39, 0.29) is 5.54 Å². The minimum Gasteiger partial charge on any atom is -0.475 e. The smallest absolute Gasteiger partial charge is 0.212 e. The van der Waals surface area contributed by atoms with Crippen LogP contribution in [-0.4, -0.2) is 18.0 Å². The number of ether oxygens (including phenoxy) is 1. The lowest BCUT2D eigenvalue weighted by Gasteiger charge is -2.56. The van der Waals surface area contributed by atoms with Crippen molar-refractivity contribution in [3.63, 3.8) is 0 Å². The molecule has 0 aromatic carbocycles. The van der Waals surface area contributed by atoms with Crippen LogP contribution in [0.5, 0.6) is 0 Å². The van der Waals surface area contributed by atoms with Gasteiger partial charge in [-0.05, 0) is 43.9 Å². The Morgan fingerprint density at radius 2 is 2.06 bits per heavy atom. The van der Waals surface area contributed by atoms with Crippen LogP contribution in [0.25, 0.3) is 0 Å². The summed E-state index contributed by atoms with van der Waals surface area (Å²) in [5, 5.41) is 0. The monoisotopic (exact) mass is 219 g/mol. The van der Waals surface area contributed by atoms with Crippen LogP contribution < -0.4 is 0 Å². The first-order valence-corrected chi connectivity index (χ1v) is 6.33. The molecule has 0 aromatic rings. The molecule has 2 atom stereocenters. The molecule has 0 amide bonds. The summed E-state index contributed by atoms with van der Waals surface area (Å²) in [6, 6.07) is 0. The fourth-order valence-electron chi connectivity index (χ4n) is 3.32. The first kappa shape index (κ1) is 10.4. The van der Waals surface area contributed by atoms with Gasteiger partial charge < -0.3 is 4.74 Å². The molecule has 4 rings (SSSR count). The minimum atomic E-state index is -0.0269. The van der Waals surface area contributed by atoms with E-state index in [0.29, 0.717) is 11.3 Å².